The Balaban J connectivity index is 1.63. The number of amides is 1. The van der Waals surface area contributed by atoms with E-state index < -0.39 is 17.7 Å². The Morgan fingerprint density at radius 2 is 2.23 bits per heavy atom. The van der Waals surface area contributed by atoms with Gasteiger partial charge in [-0.1, -0.05) is 11.2 Å². The second kappa shape index (κ2) is 5.47. The van der Waals surface area contributed by atoms with Gasteiger partial charge in [-0.15, -0.1) is 0 Å². The SMILES string of the molecule is Cc1noc([C@H](C)NC(=O)[C@@H]2C[C@H]2c2ccc(F)cc2F)n1. The zero-order valence-electron chi connectivity index (χ0n) is 12.1. The summed E-state index contributed by atoms with van der Waals surface area (Å²) in [6, 6.07) is 3.03. The van der Waals surface area contributed by atoms with Gasteiger partial charge < -0.3 is 9.84 Å². The Labute approximate surface area is 125 Å². The largest absolute Gasteiger partial charge is 0.344 e. The smallest absolute Gasteiger partial charge is 0.248 e. The summed E-state index contributed by atoms with van der Waals surface area (Å²) in [5, 5.41) is 6.44. The van der Waals surface area contributed by atoms with Gasteiger partial charge in [0.05, 0.1) is 0 Å². The standard InChI is InChI=1S/C15H15F2N3O2/c1-7(15-19-8(2)20-22-15)18-14(21)12-6-11(12)10-4-3-9(16)5-13(10)17/h3-5,7,11-12H,6H2,1-2H3,(H,18,21)/t7-,11-,12+/m0/s1. The first-order chi connectivity index (χ1) is 10.5. The van der Waals surface area contributed by atoms with Crippen molar-refractivity contribution in [2.24, 2.45) is 5.92 Å². The summed E-state index contributed by atoms with van der Waals surface area (Å²) in [6.45, 7) is 3.43. The molecule has 3 atom stereocenters. The van der Waals surface area contributed by atoms with Crippen LogP contribution in [0.15, 0.2) is 22.7 Å². The van der Waals surface area contributed by atoms with Crippen molar-refractivity contribution in [1.29, 1.82) is 0 Å². The molecule has 1 aromatic heterocycles. The van der Waals surface area contributed by atoms with E-state index in [0.717, 1.165) is 6.07 Å². The van der Waals surface area contributed by atoms with E-state index in [4.69, 9.17) is 4.52 Å². The van der Waals surface area contributed by atoms with Gasteiger partial charge in [0.25, 0.3) is 0 Å². The lowest BCUT2D eigenvalue weighted by molar-refractivity contribution is -0.123. The number of benzene rings is 1. The summed E-state index contributed by atoms with van der Waals surface area (Å²) in [5.41, 5.74) is 0.378. The molecule has 0 radical (unpaired) electrons. The third-order valence-electron chi connectivity index (χ3n) is 3.76. The summed E-state index contributed by atoms with van der Waals surface area (Å²) in [5.74, 6) is -1.13. The fourth-order valence-electron chi connectivity index (χ4n) is 2.50. The van der Waals surface area contributed by atoms with Crippen LogP contribution in [-0.4, -0.2) is 16.0 Å². The number of aromatic nitrogens is 2. The zero-order chi connectivity index (χ0) is 15.9. The fourth-order valence-corrected chi connectivity index (χ4v) is 2.50. The molecule has 1 saturated carbocycles. The van der Waals surface area contributed by atoms with Crippen LogP contribution in [0.3, 0.4) is 0 Å². The van der Waals surface area contributed by atoms with Crippen molar-refractivity contribution in [3.05, 3.63) is 47.1 Å². The number of carbonyl (C=O) groups excluding carboxylic acids is 1. The highest BCUT2D eigenvalue weighted by Crippen LogP contribution is 2.48. The topological polar surface area (TPSA) is 68.0 Å². The van der Waals surface area contributed by atoms with E-state index in [-0.39, 0.29) is 17.7 Å². The highest BCUT2D eigenvalue weighted by Gasteiger charge is 2.45. The van der Waals surface area contributed by atoms with E-state index in [1.807, 2.05) is 0 Å². The van der Waals surface area contributed by atoms with E-state index in [1.165, 1.54) is 12.1 Å². The number of nitrogens with zero attached hydrogens (tertiary/aromatic N) is 2. The third-order valence-corrected chi connectivity index (χ3v) is 3.76. The first kappa shape index (κ1) is 14.6. The second-order valence-electron chi connectivity index (χ2n) is 5.52. The molecule has 116 valence electrons. The number of hydrogen-bond donors (Lipinski definition) is 1. The normalized spacial score (nSPS) is 21.5. The molecule has 1 amide bonds. The molecule has 0 spiro atoms. The number of hydrogen-bond acceptors (Lipinski definition) is 4. The third kappa shape index (κ3) is 2.84. The number of aryl methyl sites for hydroxylation is 1. The maximum Gasteiger partial charge on any atom is 0.248 e. The molecule has 0 bridgehead atoms. The lowest BCUT2D eigenvalue weighted by Gasteiger charge is -2.09. The highest BCUT2D eigenvalue weighted by molar-refractivity contribution is 5.83. The Kier molecular flexibility index (Phi) is 3.64. The van der Waals surface area contributed by atoms with Crippen LogP contribution in [0.5, 0.6) is 0 Å². The minimum atomic E-state index is -0.622. The molecule has 7 heteroatoms. The van der Waals surface area contributed by atoms with Crippen LogP contribution in [0, 0.1) is 24.5 Å². The van der Waals surface area contributed by atoms with E-state index in [2.05, 4.69) is 15.5 Å². The van der Waals surface area contributed by atoms with Crippen molar-refractivity contribution < 1.29 is 18.1 Å². The number of rotatable bonds is 4. The Morgan fingerprint density at radius 3 is 2.86 bits per heavy atom. The Hall–Kier alpha value is -2.31. The average molecular weight is 307 g/mol. The minimum Gasteiger partial charge on any atom is -0.344 e. The predicted octanol–water partition coefficient (Wildman–Crippen LogP) is 2.64. The molecule has 0 aliphatic heterocycles. The molecule has 1 aromatic carbocycles. The first-order valence-corrected chi connectivity index (χ1v) is 7.01. The summed E-state index contributed by atoms with van der Waals surface area (Å²) < 4.78 is 31.6. The van der Waals surface area contributed by atoms with Gasteiger partial charge in [-0.2, -0.15) is 4.98 Å². The van der Waals surface area contributed by atoms with Crippen LogP contribution >= 0.6 is 0 Å². The molecule has 1 heterocycles. The number of carbonyl (C=O) groups is 1. The van der Waals surface area contributed by atoms with Gasteiger partial charge in [-0.3, -0.25) is 4.79 Å². The van der Waals surface area contributed by atoms with E-state index >= 15 is 0 Å². The van der Waals surface area contributed by atoms with E-state index in [1.54, 1.807) is 13.8 Å². The molecule has 0 unspecified atom stereocenters. The number of nitrogens with one attached hydrogen (secondary N) is 1. The second-order valence-corrected chi connectivity index (χ2v) is 5.52. The number of halogens is 2. The van der Waals surface area contributed by atoms with E-state index in [0.29, 0.717) is 23.7 Å². The van der Waals surface area contributed by atoms with Gasteiger partial charge in [-0.05, 0) is 37.8 Å². The van der Waals surface area contributed by atoms with Gasteiger partial charge in [0.1, 0.15) is 17.7 Å². The van der Waals surface area contributed by atoms with Crippen LogP contribution in [0.1, 0.15) is 42.6 Å². The maximum absolute atomic E-state index is 13.7. The van der Waals surface area contributed by atoms with Crippen molar-refractivity contribution in [2.75, 3.05) is 0 Å². The van der Waals surface area contributed by atoms with Gasteiger partial charge in [-0.25, -0.2) is 8.78 Å². The molecule has 1 aliphatic carbocycles. The van der Waals surface area contributed by atoms with Crippen LogP contribution in [0.2, 0.25) is 0 Å². The molecular formula is C15H15F2N3O2. The molecule has 2 aromatic rings. The van der Waals surface area contributed by atoms with Crippen LogP contribution in [0.25, 0.3) is 0 Å². The summed E-state index contributed by atoms with van der Waals surface area (Å²) in [4.78, 5) is 16.2. The summed E-state index contributed by atoms with van der Waals surface area (Å²) >= 11 is 0. The molecule has 5 nitrogen and oxygen atoms in total. The summed E-state index contributed by atoms with van der Waals surface area (Å²) in [6.07, 6.45) is 0.546. The minimum absolute atomic E-state index is 0.197. The van der Waals surface area contributed by atoms with Gasteiger partial charge in [0, 0.05) is 12.0 Å². The molecule has 22 heavy (non-hydrogen) atoms. The van der Waals surface area contributed by atoms with Crippen molar-refractivity contribution in [2.45, 2.75) is 32.2 Å². The lowest BCUT2D eigenvalue weighted by atomic mass is 10.1. The average Bonchev–Trinajstić information content (AvgIpc) is 3.12. The van der Waals surface area contributed by atoms with Crippen molar-refractivity contribution in [3.63, 3.8) is 0 Å². The van der Waals surface area contributed by atoms with Crippen LogP contribution < -0.4 is 5.32 Å². The van der Waals surface area contributed by atoms with Crippen LogP contribution in [0.4, 0.5) is 8.78 Å². The first-order valence-electron chi connectivity index (χ1n) is 7.01. The van der Waals surface area contributed by atoms with Crippen LogP contribution in [-0.2, 0) is 4.79 Å². The molecule has 0 saturated heterocycles. The Bertz CT molecular complexity index is 717. The maximum atomic E-state index is 13.7. The molecule has 1 aliphatic rings. The van der Waals surface area contributed by atoms with Gasteiger partial charge in [0.2, 0.25) is 11.8 Å². The van der Waals surface area contributed by atoms with E-state index in [9.17, 15) is 13.6 Å². The predicted molar refractivity (Wildman–Crippen MR) is 72.8 cm³/mol. The lowest BCUT2D eigenvalue weighted by Crippen LogP contribution is -2.28. The molecule has 3 rings (SSSR count). The molecule has 1 N–H and O–H groups in total. The monoisotopic (exact) mass is 307 g/mol. The van der Waals surface area contributed by atoms with Crippen molar-refractivity contribution in [1.82, 2.24) is 15.5 Å². The van der Waals surface area contributed by atoms with Gasteiger partial charge >= 0.3 is 0 Å². The zero-order valence-corrected chi connectivity index (χ0v) is 12.1. The molecule has 1 fully saturated rings. The quantitative estimate of drug-likeness (QED) is 0.943. The summed E-state index contributed by atoms with van der Waals surface area (Å²) in [7, 11) is 0. The molecular weight excluding hydrogens is 292 g/mol. The fraction of sp³-hybridized carbons (Fsp3) is 0.400. The van der Waals surface area contributed by atoms with Gasteiger partial charge in [0.15, 0.2) is 5.82 Å². The Morgan fingerprint density at radius 1 is 1.45 bits per heavy atom. The highest BCUT2D eigenvalue weighted by atomic mass is 19.1. The van der Waals surface area contributed by atoms with Crippen molar-refractivity contribution >= 4 is 5.91 Å². The van der Waals surface area contributed by atoms with Crippen molar-refractivity contribution in [3.8, 4) is 0 Å².